The van der Waals surface area contributed by atoms with Gasteiger partial charge in [-0.05, 0) is 85.6 Å². The van der Waals surface area contributed by atoms with E-state index in [1.54, 1.807) is 38.1 Å². The minimum Gasteiger partial charge on any atom is -0.508 e. The molecule has 1 heterocycles. The molecule has 3 rings (SSSR count). The zero-order chi connectivity index (χ0) is 22.4. The molecule has 4 N–H and O–H groups in total. The third-order valence-electron chi connectivity index (χ3n) is 4.27. The SMILES string of the molecule is C/C(=N\NC(=O)c1ccc(C(=O)N/N=C(\C)c2ccc(O)cc2)o1)c1ccc(O)cc1. The molecule has 2 amide bonds. The summed E-state index contributed by atoms with van der Waals surface area (Å²) in [6.45, 7) is 3.39. The number of phenolic OH excluding ortho intramolecular Hbond substituents is 2. The van der Waals surface area contributed by atoms with Crippen molar-refractivity contribution in [1.82, 2.24) is 10.9 Å². The predicted octanol–water partition coefficient (Wildman–Crippen LogP) is 3.00. The molecule has 3 aromatic rings. The molecule has 158 valence electrons. The number of carbonyl (C=O) groups is 2. The van der Waals surface area contributed by atoms with Gasteiger partial charge in [0.25, 0.3) is 0 Å². The third-order valence-corrected chi connectivity index (χ3v) is 4.27. The molecule has 0 radical (unpaired) electrons. The molecule has 0 bridgehead atoms. The Hall–Kier alpha value is -4.40. The van der Waals surface area contributed by atoms with E-state index in [4.69, 9.17) is 4.42 Å². The molecule has 0 unspecified atom stereocenters. The molecule has 0 atom stereocenters. The smallest absolute Gasteiger partial charge is 0.307 e. The van der Waals surface area contributed by atoms with Gasteiger partial charge >= 0.3 is 11.8 Å². The van der Waals surface area contributed by atoms with Crippen molar-refractivity contribution in [1.29, 1.82) is 0 Å². The molecule has 0 saturated heterocycles. The second-order valence-corrected chi connectivity index (χ2v) is 6.53. The maximum Gasteiger partial charge on any atom is 0.307 e. The third kappa shape index (κ3) is 5.57. The lowest BCUT2D eigenvalue weighted by atomic mass is 10.1. The number of amides is 2. The molecule has 0 fully saturated rings. The first-order valence-electron chi connectivity index (χ1n) is 9.21. The van der Waals surface area contributed by atoms with Crippen LogP contribution in [-0.4, -0.2) is 33.5 Å². The molecule has 9 heteroatoms. The van der Waals surface area contributed by atoms with E-state index in [1.807, 2.05) is 0 Å². The van der Waals surface area contributed by atoms with Crippen LogP contribution < -0.4 is 10.9 Å². The van der Waals surface area contributed by atoms with Crippen molar-refractivity contribution < 1.29 is 24.2 Å². The molecule has 0 aliphatic heterocycles. The van der Waals surface area contributed by atoms with Crippen LogP contribution in [0.5, 0.6) is 11.5 Å². The van der Waals surface area contributed by atoms with Crippen molar-refractivity contribution in [3.05, 3.63) is 83.3 Å². The predicted molar refractivity (Wildman–Crippen MR) is 114 cm³/mol. The number of furan rings is 1. The van der Waals surface area contributed by atoms with Crippen LogP contribution in [0.2, 0.25) is 0 Å². The Kier molecular flexibility index (Phi) is 6.46. The fourth-order valence-electron chi connectivity index (χ4n) is 2.50. The average Bonchev–Trinajstić information content (AvgIpc) is 3.27. The summed E-state index contributed by atoms with van der Waals surface area (Å²) in [6, 6.07) is 15.4. The van der Waals surface area contributed by atoms with Gasteiger partial charge in [0.15, 0.2) is 11.5 Å². The Morgan fingerprint density at radius 1 is 0.677 bits per heavy atom. The highest BCUT2D eigenvalue weighted by atomic mass is 16.4. The van der Waals surface area contributed by atoms with Crippen molar-refractivity contribution in [3.8, 4) is 11.5 Å². The minimum absolute atomic E-state index is 0.0911. The van der Waals surface area contributed by atoms with Gasteiger partial charge < -0.3 is 14.6 Å². The number of nitrogens with one attached hydrogen (secondary N) is 2. The maximum absolute atomic E-state index is 12.2. The van der Waals surface area contributed by atoms with Gasteiger partial charge in [-0.25, -0.2) is 10.9 Å². The van der Waals surface area contributed by atoms with Gasteiger partial charge in [-0.3, -0.25) is 9.59 Å². The Labute approximate surface area is 177 Å². The first kappa shape index (κ1) is 21.3. The zero-order valence-corrected chi connectivity index (χ0v) is 16.8. The Morgan fingerprint density at radius 3 is 1.39 bits per heavy atom. The zero-order valence-electron chi connectivity index (χ0n) is 16.8. The summed E-state index contributed by atoms with van der Waals surface area (Å²) in [6.07, 6.45) is 0. The second kappa shape index (κ2) is 9.40. The lowest BCUT2D eigenvalue weighted by Crippen LogP contribution is -2.20. The minimum atomic E-state index is -0.624. The molecular formula is C22H20N4O5. The van der Waals surface area contributed by atoms with Crippen LogP contribution in [0.3, 0.4) is 0 Å². The number of benzene rings is 2. The van der Waals surface area contributed by atoms with Crippen LogP contribution in [-0.2, 0) is 0 Å². The van der Waals surface area contributed by atoms with E-state index in [1.165, 1.54) is 36.4 Å². The summed E-state index contributed by atoms with van der Waals surface area (Å²) in [7, 11) is 0. The largest absolute Gasteiger partial charge is 0.508 e. The molecule has 2 aromatic carbocycles. The number of hydrogen-bond donors (Lipinski definition) is 4. The van der Waals surface area contributed by atoms with Crippen molar-refractivity contribution in [3.63, 3.8) is 0 Å². The normalized spacial score (nSPS) is 11.8. The van der Waals surface area contributed by atoms with Crippen LogP contribution in [0, 0.1) is 0 Å². The topological polar surface area (TPSA) is 137 Å². The van der Waals surface area contributed by atoms with Gasteiger partial charge in [-0.15, -0.1) is 0 Å². The Morgan fingerprint density at radius 2 is 1.03 bits per heavy atom. The summed E-state index contributed by atoms with van der Waals surface area (Å²) < 4.78 is 5.29. The van der Waals surface area contributed by atoms with Gasteiger partial charge in [-0.2, -0.15) is 10.2 Å². The lowest BCUT2D eigenvalue weighted by molar-refractivity contribution is 0.0902. The van der Waals surface area contributed by atoms with E-state index in [9.17, 15) is 19.8 Å². The summed E-state index contributed by atoms with van der Waals surface area (Å²) in [5, 5.41) is 26.6. The quantitative estimate of drug-likeness (QED) is 0.359. The van der Waals surface area contributed by atoms with Gasteiger partial charge in [0.2, 0.25) is 0 Å². The standard InChI is InChI=1S/C22H20N4O5/c1-13(15-3-7-17(27)8-4-15)23-25-21(29)19-11-12-20(31-19)22(30)26-24-14(2)16-5-9-18(28)10-6-16/h3-12,27-28H,1-2H3,(H,25,29)(H,26,30)/b23-13+,24-14+. The number of rotatable bonds is 6. The van der Waals surface area contributed by atoms with Crippen molar-refractivity contribution in [2.75, 3.05) is 0 Å². The van der Waals surface area contributed by atoms with Crippen LogP contribution in [0.25, 0.3) is 0 Å². The van der Waals surface area contributed by atoms with Crippen LogP contribution in [0.1, 0.15) is 46.1 Å². The molecule has 31 heavy (non-hydrogen) atoms. The molecular weight excluding hydrogens is 400 g/mol. The highest BCUT2D eigenvalue weighted by molar-refractivity contribution is 6.02. The van der Waals surface area contributed by atoms with E-state index < -0.39 is 11.8 Å². The number of hydrazone groups is 2. The number of hydrogen-bond acceptors (Lipinski definition) is 7. The van der Waals surface area contributed by atoms with E-state index >= 15 is 0 Å². The van der Waals surface area contributed by atoms with E-state index in [0.29, 0.717) is 11.4 Å². The van der Waals surface area contributed by atoms with Gasteiger partial charge in [-0.1, -0.05) is 0 Å². The van der Waals surface area contributed by atoms with Crippen molar-refractivity contribution in [2.24, 2.45) is 10.2 Å². The summed E-state index contributed by atoms with van der Waals surface area (Å²) in [5.41, 5.74) is 7.20. The van der Waals surface area contributed by atoms with Crippen molar-refractivity contribution >= 4 is 23.2 Å². The Bertz CT molecular complexity index is 1060. The molecule has 0 aliphatic rings. The van der Waals surface area contributed by atoms with Crippen LogP contribution in [0.4, 0.5) is 0 Å². The average molecular weight is 420 g/mol. The van der Waals surface area contributed by atoms with Gasteiger partial charge in [0.05, 0.1) is 11.4 Å². The van der Waals surface area contributed by atoms with Gasteiger partial charge in [0, 0.05) is 0 Å². The number of nitrogens with zero attached hydrogens (tertiary/aromatic N) is 2. The number of aromatic hydroxyl groups is 2. The fourth-order valence-corrected chi connectivity index (χ4v) is 2.50. The van der Waals surface area contributed by atoms with Crippen LogP contribution in [0.15, 0.2) is 75.3 Å². The molecule has 0 spiro atoms. The van der Waals surface area contributed by atoms with Gasteiger partial charge in [0.1, 0.15) is 11.5 Å². The van der Waals surface area contributed by atoms with E-state index in [0.717, 1.165) is 11.1 Å². The van der Waals surface area contributed by atoms with Crippen molar-refractivity contribution in [2.45, 2.75) is 13.8 Å². The van der Waals surface area contributed by atoms with E-state index in [2.05, 4.69) is 21.1 Å². The lowest BCUT2D eigenvalue weighted by Gasteiger charge is -2.02. The highest BCUT2D eigenvalue weighted by Gasteiger charge is 2.15. The van der Waals surface area contributed by atoms with Crippen LogP contribution >= 0.6 is 0 Å². The maximum atomic E-state index is 12.2. The monoisotopic (exact) mass is 420 g/mol. The summed E-state index contributed by atoms with van der Waals surface area (Å²) in [5.74, 6) is -1.17. The molecule has 1 aromatic heterocycles. The number of phenols is 2. The summed E-state index contributed by atoms with van der Waals surface area (Å²) in [4.78, 5) is 24.4. The molecule has 0 saturated carbocycles. The first-order chi connectivity index (χ1) is 14.8. The molecule has 0 aliphatic carbocycles. The highest BCUT2D eigenvalue weighted by Crippen LogP contribution is 2.12. The molecule has 9 nitrogen and oxygen atoms in total. The summed E-state index contributed by atoms with van der Waals surface area (Å²) >= 11 is 0. The fraction of sp³-hybridized carbons (Fsp3) is 0.0909. The first-order valence-corrected chi connectivity index (χ1v) is 9.21. The van der Waals surface area contributed by atoms with E-state index in [-0.39, 0.29) is 23.0 Å². The number of carbonyl (C=O) groups excluding carboxylic acids is 2. The second-order valence-electron chi connectivity index (χ2n) is 6.53. The Balaban J connectivity index is 1.60.